The molecule has 0 saturated carbocycles. The van der Waals surface area contributed by atoms with E-state index in [1.807, 2.05) is 49.4 Å². The monoisotopic (exact) mass is 357 g/mol. The summed E-state index contributed by atoms with van der Waals surface area (Å²) >= 11 is 0. The minimum Gasteiger partial charge on any atom is -0.497 e. The first-order valence-electron chi connectivity index (χ1n) is 8.69. The standard InChI is InChI=1S/C21H27NO4/c1-15(13-17-7-10-19(25-3)20(14-17)26-4)21(23)22-12-11-16-5-8-18(24-2)9-6-16/h5-10,14-15H,11-13H2,1-4H3,(H,22,23). The summed E-state index contributed by atoms with van der Waals surface area (Å²) in [6, 6.07) is 13.6. The zero-order valence-electron chi connectivity index (χ0n) is 15.9. The van der Waals surface area contributed by atoms with Crippen LogP contribution in [0.2, 0.25) is 0 Å². The maximum atomic E-state index is 12.3. The van der Waals surface area contributed by atoms with E-state index in [0.717, 1.165) is 17.7 Å². The van der Waals surface area contributed by atoms with Gasteiger partial charge in [-0.2, -0.15) is 0 Å². The Balaban J connectivity index is 1.83. The fraction of sp³-hybridized carbons (Fsp3) is 0.381. The molecule has 26 heavy (non-hydrogen) atoms. The lowest BCUT2D eigenvalue weighted by Crippen LogP contribution is -2.31. The molecule has 2 aromatic carbocycles. The largest absolute Gasteiger partial charge is 0.497 e. The molecule has 2 aromatic rings. The van der Waals surface area contributed by atoms with E-state index in [1.165, 1.54) is 5.56 Å². The summed E-state index contributed by atoms with van der Waals surface area (Å²) in [6.45, 7) is 2.54. The van der Waals surface area contributed by atoms with E-state index >= 15 is 0 Å². The van der Waals surface area contributed by atoms with Crippen LogP contribution in [0.4, 0.5) is 0 Å². The minimum atomic E-state index is -0.121. The van der Waals surface area contributed by atoms with Gasteiger partial charge in [-0.15, -0.1) is 0 Å². The number of ether oxygens (including phenoxy) is 3. The van der Waals surface area contributed by atoms with Crippen LogP contribution >= 0.6 is 0 Å². The van der Waals surface area contributed by atoms with Gasteiger partial charge in [0, 0.05) is 12.5 Å². The molecule has 1 atom stereocenters. The Morgan fingerprint density at radius 1 is 0.923 bits per heavy atom. The van der Waals surface area contributed by atoms with Gasteiger partial charge in [0.05, 0.1) is 21.3 Å². The lowest BCUT2D eigenvalue weighted by Gasteiger charge is -2.14. The summed E-state index contributed by atoms with van der Waals surface area (Å²) in [5, 5.41) is 3.00. The zero-order valence-corrected chi connectivity index (χ0v) is 15.9. The maximum Gasteiger partial charge on any atom is 0.223 e. The molecule has 1 N–H and O–H groups in total. The summed E-state index contributed by atoms with van der Waals surface area (Å²) in [5.74, 6) is 2.13. The van der Waals surface area contributed by atoms with Crippen molar-refractivity contribution in [3.8, 4) is 17.2 Å². The Labute approximate surface area is 155 Å². The van der Waals surface area contributed by atoms with E-state index in [1.54, 1.807) is 21.3 Å². The molecule has 0 bridgehead atoms. The number of methoxy groups -OCH3 is 3. The predicted octanol–water partition coefficient (Wildman–Crippen LogP) is 3.25. The number of benzene rings is 2. The van der Waals surface area contributed by atoms with Crippen LogP contribution < -0.4 is 19.5 Å². The first-order chi connectivity index (χ1) is 12.6. The summed E-state index contributed by atoms with van der Waals surface area (Å²) in [5.41, 5.74) is 2.21. The van der Waals surface area contributed by atoms with Crippen LogP contribution in [0.15, 0.2) is 42.5 Å². The minimum absolute atomic E-state index is 0.0493. The number of rotatable bonds is 9. The van der Waals surface area contributed by atoms with Crippen LogP contribution in [0, 0.1) is 5.92 Å². The molecule has 0 spiro atoms. The zero-order chi connectivity index (χ0) is 18.9. The van der Waals surface area contributed by atoms with Gasteiger partial charge in [-0.1, -0.05) is 25.1 Å². The Morgan fingerprint density at radius 2 is 1.58 bits per heavy atom. The van der Waals surface area contributed by atoms with Crippen molar-refractivity contribution in [1.82, 2.24) is 5.32 Å². The molecule has 0 aliphatic heterocycles. The molecule has 0 saturated heterocycles. The quantitative estimate of drug-likeness (QED) is 0.748. The van der Waals surface area contributed by atoms with Crippen LogP contribution in [-0.2, 0) is 17.6 Å². The number of hydrogen-bond acceptors (Lipinski definition) is 4. The third-order valence-electron chi connectivity index (χ3n) is 4.31. The van der Waals surface area contributed by atoms with Crippen LogP contribution in [0.1, 0.15) is 18.1 Å². The van der Waals surface area contributed by atoms with Crippen molar-refractivity contribution >= 4 is 5.91 Å². The Kier molecular flexibility index (Phi) is 7.33. The summed E-state index contributed by atoms with van der Waals surface area (Å²) in [4.78, 5) is 12.3. The molecular weight excluding hydrogens is 330 g/mol. The number of hydrogen-bond donors (Lipinski definition) is 1. The van der Waals surface area contributed by atoms with Crippen LogP contribution in [0.5, 0.6) is 17.2 Å². The summed E-state index contributed by atoms with van der Waals surface area (Å²) in [7, 11) is 4.86. The molecule has 0 aliphatic carbocycles. The highest BCUT2D eigenvalue weighted by atomic mass is 16.5. The van der Waals surface area contributed by atoms with Gasteiger partial charge in [0.15, 0.2) is 11.5 Å². The van der Waals surface area contributed by atoms with Gasteiger partial charge in [0.2, 0.25) is 5.91 Å². The molecule has 5 nitrogen and oxygen atoms in total. The molecule has 0 fully saturated rings. The molecule has 1 amide bonds. The molecule has 0 aromatic heterocycles. The molecule has 140 valence electrons. The number of amides is 1. The molecule has 1 unspecified atom stereocenters. The van der Waals surface area contributed by atoms with E-state index in [-0.39, 0.29) is 11.8 Å². The highest BCUT2D eigenvalue weighted by Gasteiger charge is 2.14. The molecule has 0 aliphatic rings. The van der Waals surface area contributed by atoms with Gasteiger partial charge in [0.1, 0.15) is 5.75 Å². The van der Waals surface area contributed by atoms with Gasteiger partial charge in [-0.3, -0.25) is 4.79 Å². The Bertz CT molecular complexity index is 712. The smallest absolute Gasteiger partial charge is 0.223 e. The summed E-state index contributed by atoms with van der Waals surface area (Å²) < 4.78 is 15.7. The molecule has 5 heteroatoms. The first-order valence-corrected chi connectivity index (χ1v) is 8.69. The van der Waals surface area contributed by atoms with Crippen molar-refractivity contribution in [3.05, 3.63) is 53.6 Å². The summed E-state index contributed by atoms with van der Waals surface area (Å²) in [6.07, 6.45) is 1.44. The van der Waals surface area contributed by atoms with Crippen molar-refractivity contribution in [2.75, 3.05) is 27.9 Å². The van der Waals surface area contributed by atoms with Gasteiger partial charge < -0.3 is 19.5 Å². The second-order valence-corrected chi connectivity index (χ2v) is 6.18. The van der Waals surface area contributed by atoms with Crippen LogP contribution in [-0.4, -0.2) is 33.8 Å². The SMILES string of the molecule is COc1ccc(CCNC(=O)C(C)Cc2ccc(OC)c(OC)c2)cc1. The van der Waals surface area contributed by atoms with Crippen molar-refractivity contribution < 1.29 is 19.0 Å². The number of nitrogens with one attached hydrogen (secondary N) is 1. The van der Waals surface area contributed by atoms with E-state index in [2.05, 4.69) is 5.32 Å². The van der Waals surface area contributed by atoms with Gasteiger partial charge in [-0.25, -0.2) is 0 Å². The highest BCUT2D eigenvalue weighted by Crippen LogP contribution is 2.28. The topological polar surface area (TPSA) is 56.8 Å². The average molecular weight is 357 g/mol. The Hall–Kier alpha value is -2.69. The van der Waals surface area contributed by atoms with Gasteiger partial charge >= 0.3 is 0 Å². The van der Waals surface area contributed by atoms with Gasteiger partial charge in [-0.05, 0) is 48.2 Å². The van der Waals surface area contributed by atoms with E-state index in [9.17, 15) is 4.79 Å². The van der Waals surface area contributed by atoms with Crippen molar-refractivity contribution in [3.63, 3.8) is 0 Å². The number of carbonyl (C=O) groups excluding carboxylic acids is 1. The number of carbonyl (C=O) groups is 1. The fourth-order valence-corrected chi connectivity index (χ4v) is 2.75. The molecular formula is C21H27NO4. The molecule has 2 rings (SSSR count). The third kappa shape index (κ3) is 5.41. The molecule has 0 heterocycles. The van der Waals surface area contributed by atoms with Crippen molar-refractivity contribution in [2.24, 2.45) is 5.92 Å². The van der Waals surface area contributed by atoms with Crippen LogP contribution in [0.25, 0.3) is 0 Å². The second kappa shape index (κ2) is 9.70. The maximum absolute atomic E-state index is 12.3. The normalized spacial score (nSPS) is 11.5. The average Bonchev–Trinajstić information content (AvgIpc) is 2.68. The second-order valence-electron chi connectivity index (χ2n) is 6.18. The van der Waals surface area contributed by atoms with Crippen molar-refractivity contribution in [1.29, 1.82) is 0 Å². The van der Waals surface area contributed by atoms with E-state index in [4.69, 9.17) is 14.2 Å². The van der Waals surface area contributed by atoms with Crippen molar-refractivity contribution in [2.45, 2.75) is 19.8 Å². The lowest BCUT2D eigenvalue weighted by atomic mass is 10.00. The predicted molar refractivity (Wildman–Crippen MR) is 102 cm³/mol. The van der Waals surface area contributed by atoms with E-state index in [0.29, 0.717) is 24.5 Å². The fourth-order valence-electron chi connectivity index (χ4n) is 2.75. The first kappa shape index (κ1) is 19.6. The molecule has 0 radical (unpaired) electrons. The van der Waals surface area contributed by atoms with Crippen LogP contribution in [0.3, 0.4) is 0 Å². The highest BCUT2D eigenvalue weighted by molar-refractivity contribution is 5.78. The Morgan fingerprint density at radius 3 is 2.19 bits per heavy atom. The lowest BCUT2D eigenvalue weighted by molar-refractivity contribution is -0.124. The van der Waals surface area contributed by atoms with Gasteiger partial charge in [0.25, 0.3) is 0 Å². The third-order valence-corrected chi connectivity index (χ3v) is 4.31. The van der Waals surface area contributed by atoms with E-state index < -0.39 is 0 Å².